The molecule has 2 amide bonds. The van der Waals surface area contributed by atoms with Crippen molar-refractivity contribution in [3.05, 3.63) is 60.6 Å². The topological polar surface area (TPSA) is 119 Å². The van der Waals surface area contributed by atoms with E-state index in [0.717, 1.165) is 38.1 Å². The van der Waals surface area contributed by atoms with Gasteiger partial charge in [0.05, 0.1) is 53.8 Å². The van der Waals surface area contributed by atoms with Crippen molar-refractivity contribution in [3.63, 3.8) is 0 Å². The predicted octanol–water partition coefficient (Wildman–Crippen LogP) is 2.82. The summed E-state index contributed by atoms with van der Waals surface area (Å²) in [7, 11) is 3.51. The Morgan fingerprint density at radius 1 is 1.11 bits per heavy atom. The number of carbonyl (C=O) groups is 2. The van der Waals surface area contributed by atoms with Crippen LogP contribution in [0.3, 0.4) is 0 Å². The van der Waals surface area contributed by atoms with E-state index >= 15 is 0 Å². The van der Waals surface area contributed by atoms with Crippen LogP contribution in [0.4, 0.5) is 15.8 Å². The standard InChI is InChI=1S/C26H29FN8O3/c1-33-13-18(10-29-33)23-14-35-24(12-28-23)20(11-30-35)26(37)32-22-9-19(3-4-21(22)27)31-25(36)15-34-7-5-17(6-8-34)16-38-2/h3-4,9-14,17H,5-8,15-16H2,1-2H3,(H,31,36)(H,32,37). The Balaban J connectivity index is 1.23. The second-order valence-corrected chi connectivity index (χ2v) is 9.44. The number of aryl methyl sites for hydroxylation is 1. The van der Waals surface area contributed by atoms with E-state index in [1.807, 2.05) is 13.2 Å². The summed E-state index contributed by atoms with van der Waals surface area (Å²) in [6.07, 6.45) is 10.1. The minimum atomic E-state index is -0.620. The van der Waals surface area contributed by atoms with Gasteiger partial charge in [-0.2, -0.15) is 10.2 Å². The molecule has 0 radical (unpaired) electrons. The van der Waals surface area contributed by atoms with Gasteiger partial charge in [-0.25, -0.2) is 8.91 Å². The van der Waals surface area contributed by atoms with Crippen LogP contribution in [0.2, 0.25) is 0 Å². The lowest BCUT2D eigenvalue weighted by molar-refractivity contribution is -0.117. The third-order valence-electron chi connectivity index (χ3n) is 6.62. The lowest BCUT2D eigenvalue weighted by Crippen LogP contribution is -2.40. The summed E-state index contributed by atoms with van der Waals surface area (Å²) in [5, 5.41) is 13.8. The first-order valence-electron chi connectivity index (χ1n) is 12.3. The van der Waals surface area contributed by atoms with E-state index in [-0.39, 0.29) is 23.7 Å². The molecular weight excluding hydrogens is 491 g/mol. The molecule has 3 aromatic heterocycles. The second-order valence-electron chi connectivity index (χ2n) is 9.44. The summed E-state index contributed by atoms with van der Waals surface area (Å²) in [6.45, 7) is 2.63. The first kappa shape index (κ1) is 25.5. The van der Waals surface area contributed by atoms with Crippen molar-refractivity contribution < 1.29 is 18.7 Å². The second kappa shape index (κ2) is 11.1. The molecule has 1 aliphatic heterocycles. The summed E-state index contributed by atoms with van der Waals surface area (Å²) in [4.78, 5) is 32.1. The Labute approximate surface area is 218 Å². The van der Waals surface area contributed by atoms with E-state index in [4.69, 9.17) is 4.74 Å². The Hall–Kier alpha value is -4.16. The maximum absolute atomic E-state index is 14.6. The number of hydrogen-bond donors (Lipinski definition) is 2. The molecule has 198 valence electrons. The average Bonchev–Trinajstić information content (AvgIpc) is 3.53. The Bertz CT molecular complexity index is 1460. The molecule has 4 aromatic rings. The molecule has 5 rings (SSSR count). The van der Waals surface area contributed by atoms with Gasteiger partial charge in [0.2, 0.25) is 5.91 Å². The minimum absolute atomic E-state index is 0.0486. The molecule has 1 saturated heterocycles. The zero-order valence-electron chi connectivity index (χ0n) is 21.2. The highest BCUT2D eigenvalue weighted by atomic mass is 19.1. The number of nitrogens with one attached hydrogen (secondary N) is 2. The normalized spacial score (nSPS) is 14.6. The van der Waals surface area contributed by atoms with Gasteiger partial charge in [0.15, 0.2) is 0 Å². The molecule has 1 fully saturated rings. The third-order valence-corrected chi connectivity index (χ3v) is 6.62. The average molecular weight is 521 g/mol. The number of rotatable bonds is 8. The summed E-state index contributed by atoms with van der Waals surface area (Å²) < 4.78 is 23.0. The van der Waals surface area contributed by atoms with Gasteiger partial charge >= 0.3 is 0 Å². The number of benzene rings is 1. The van der Waals surface area contributed by atoms with Gasteiger partial charge in [0, 0.05) is 38.2 Å². The molecular formula is C26H29FN8O3. The number of piperidine rings is 1. The number of carbonyl (C=O) groups excluding carboxylic acids is 2. The highest BCUT2D eigenvalue weighted by Gasteiger charge is 2.21. The molecule has 0 unspecified atom stereocenters. The largest absolute Gasteiger partial charge is 0.384 e. The van der Waals surface area contributed by atoms with Gasteiger partial charge in [-0.3, -0.25) is 24.2 Å². The first-order chi connectivity index (χ1) is 18.4. The molecule has 0 aliphatic carbocycles. The summed E-state index contributed by atoms with van der Waals surface area (Å²) in [5.74, 6) is -0.839. The number of likely N-dealkylation sites (tertiary alicyclic amines) is 1. The third kappa shape index (κ3) is 5.71. The zero-order chi connectivity index (χ0) is 26.6. The Morgan fingerprint density at radius 2 is 1.92 bits per heavy atom. The molecule has 0 spiro atoms. The fourth-order valence-corrected chi connectivity index (χ4v) is 4.60. The number of methoxy groups -OCH3 is 1. The molecule has 1 aliphatic rings. The number of nitrogens with zero attached hydrogens (tertiary/aromatic N) is 6. The molecule has 38 heavy (non-hydrogen) atoms. The van der Waals surface area contributed by atoms with Crippen molar-refractivity contribution in [1.29, 1.82) is 0 Å². The molecule has 4 heterocycles. The van der Waals surface area contributed by atoms with Gasteiger partial charge < -0.3 is 15.4 Å². The molecule has 12 heteroatoms. The predicted molar refractivity (Wildman–Crippen MR) is 139 cm³/mol. The monoisotopic (exact) mass is 520 g/mol. The van der Waals surface area contributed by atoms with Crippen LogP contribution in [0.1, 0.15) is 23.2 Å². The van der Waals surface area contributed by atoms with Crippen molar-refractivity contribution >= 4 is 28.7 Å². The zero-order valence-corrected chi connectivity index (χ0v) is 21.2. The van der Waals surface area contributed by atoms with Crippen LogP contribution in [-0.4, -0.2) is 74.4 Å². The summed E-state index contributed by atoms with van der Waals surface area (Å²) >= 11 is 0. The van der Waals surface area contributed by atoms with E-state index in [0.29, 0.717) is 22.8 Å². The SMILES string of the molecule is COCC1CCN(CC(=O)Nc2ccc(F)c(NC(=O)c3cnn4cc(-c5cnn(C)c5)ncc34)c2)CC1. The maximum Gasteiger partial charge on any atom is 0.259 e. The molecule has 0 bridgehead atoms. The molecule has 11 nitrogen and oxygen atoms in total. The number of amides is 2. The number of halogens is 1. The number of aromatic nitrogens is 5. The van der Waals surface area contributed by atoms with Gasteiger partial charge in [-0.05, 0) is 50.0 Å². The lowest BCUT2D eigenvalue weighted by atomic mass is 9.98. The minimum Gasteiger partial charge on any atom is -0.384 e. The van der Waals surface area contributed by atoms with E-state index in [9.17, 15) is 14.0 Å². The van der Waals surface area contributed by atoms with Gasteiger partial charge in [0.1, 0.15) is 5.82 Å². The van der Waals surface area contributed by atoms with Gasteiger partial charge in [-0.15, -0.1) is 0 Å². The smallest absolute Gasteiger partial charge is 0.259 e. The van der Waals surface area contributed by atoms with Crippen molar-refractivity contribution in [2.24, 2.45) is 13.0 Å². The van der Waals surface area contributed by atoms with E-state index in [1.165, 1.54) is 35.1 Å². The van der Waals surface area contributed by atoms with Gasteiger partial charge in [0.25, 0.3) is 5.91 Å². The highest BCUT2D eigenvalue weighted by Crippen LogP contribution is 2.23. The van der Waals surface area contributed by atoms with Crippen LogP contribution in [-0.2, 0) is 16.6 Å². The molecule has 1 aromatic carbocycles. The number of ether oxygens (including phenoxy) is 1. The number of anilines is 2. The Morgan fingerprint density at radius 3 is 2.66 bits per heavy atom. The van der Waals surface area contributed by atoms with Crippen LogP contribution >= 0.6 is 0 Å². The van der Waals surface area contributed by atoms with Crippen LogP contribution < -0.4 is 10.6 Å². The number of fused-ring (bicyclic) bond motifs is 1. The van der Waals surface area contributed by atoms with Crippen LogP contribution in [0, 0.1) is 11.7 Å². The molecule has 0 saturated carbocycles. The summed E-state index contributed by atoms with van der Waals surface area (Å²) in [5.41, 5.74) is 2.51. The lowest BCUT2D eigenvalue weighted by Gasteiger charge is -2.31. The van der Waals surface area contributed by atoms with Crippen molar-refractivity contribution in [2.75, 3.05) is 44.0 Å². The first-order valence-corrected chi connectivity index (χ1v) is 12.3. The van der Waals surface area contributed by atoms with Crippen molar-refractivity contribution in [1.82, 2.24) is 29.3 Å². The van der Waals surface area contributed by atoms with E-state index in [1.54, 1.807) is 24.2 Å². The Kier molecular flexibility index (Phi) is 7.43. The fraction of sp³-hybridized carbons (Fsp3) is 0.346. The van der Waals surface area contributed by atoms with Crippen LogP contribution in [0.25, 0.3) is 16.8 Å². The van der Waals surface area contributed by atoms with Crippen LogP contribution in [0.15, 0.2) is 49.2 Å². The van der Waals surface area contributed by atoms with Crippen LogP contribution in [0.5, 0.6) is 0 Å². The summed E-state index contributed by atoms with van der Waals surface area (Å²) in [6, 6.07) is 4.08. The van der Waals surface area contributed by atoms with Gasteiger partial charge in [-0.1, -0.05) is 0 Å². The maximum atomic E-state index is 14.6. The van der Waals surface area contributed by atoms with Crippen molar-refractivity contribution in [3.8, 4) is 11.3 Å². The highest BCUT2D eigenvalue weighted by molar-refractivity contribution is 6.09. The fourth-order valence-electron chi connectivity index (χ4n) is 4.60. The number of hydrogen-bond acceptors (Lipinski definition) is 7. The molecule has 2 N–H and O–H groups in total. The quantitative estimate of drug-likeness (QED) is 0.367. The van der Waals surface area contributed by atoms with E-state index in [2.05, 4.69) is 30.7 Å². The van der Waals surface area contributed by atoms with E-state index < -0.39 is 11.7 Å². The van der Waals surface area contributed by atoms with Crippen molar-refractivity contribution in [2.45, 2.75) is 12.8 Å². The molecule has 0 atom stereocenters.